The number of aromatic amines is 1. The average molecular weight is 297 g/mol. The molecule has 21 heavy (non-hydrogen) atoms. The van der Waals surface area contributed by atoms with E-state index in [9.17, 15) is 0 Å². The Morgan fingerprint density at radius 1 is 1.05 bits per heavy atom. The first-order valence-electron chi connectivity index (χ1n) is 7.39. The molecule has 1 aliphatic rings. The highest BCUT2D eigenvalue weighted by atomic mass is 35.5. The predicted molar refractivity (Wildman–Crippen MR) is 89.0 cm³/mol. The van der Waals surface area contributed by atoms with E-state index in [4.69, 9.17) is 11.6 Å². The van der Waals surface area contributed by atoms with Crippen LogP contribution < -0.4 is 5.32 Å². The highest BCUT2D eigenvalue weighted by Crippen LogP contribution is 2.33. The molecule has 0 saturated carbocycles. The Kier molecular flexibility index (Phi) is 3.21. The molecule has 3 heteroatoms. The van der Waals surface area contributed by atoms with E-state index in [0.29, 0.717) is 5.92 Å². The van der Waals surface area contributed by atoms with E-state index in [1.807, 2.05) is 12.3 Å². The van der Waals surface area contributed by atoms with Gasteiger partial charge in [0.15, 0.2) is 0 Å². The maximum atomic E-state index is 6.43. The van der Waals surface area contributed by atoms with Crippen molar-refractivity contribution >= 4 is 22.5 Å². The molecule has 2 heterocycles. The second-order valence-corrected chi connectivity index (χ2v) is 6.12. The summed E-state index contributed by atoms with van der Waals surface area (Å²) in [5.41, 5.74) is 4.78. The van der Waals surface area contributed by atoms with Gasteiger partial charge in [-0.15, -0.1) is 0 Å². The van der Waals surface area contributed by atoms with Crippen molar-refractivity contribution in [3.63, 3.8) is 0 Å². The Morgan fingerprint density at radius 3 is 2.67 bits per heavy atom. The molecule has 1 saturated heterocycles. The van der Waals surface area contributed by atoms with Gasteiger partial charge in [-0.1, -0.05) is 35.9 Å². The molecule has 1 aromatic heterocycles. The van der Waals surface area contributed by atoms with Gasteiger partial charge < -0.3 is 10.3 Å². The topological polar surface area (TPSA) is 27.8 Å². The van der Waals surface area contributed by atoms with Gasteiger partial charge in [0.25, 0.3) is 0 Å². The molecule has 0 aliphatic carbocycles. The van der Waals surface area contributed by atoms with Crippen LogP contribution in [0.1, 0.15) is 17.9 Å². The van der Waals surface area contributed by atoms with Crippen LogP contribution >= 0.6 is 11.6 Å². The molecular formula is C18H17ClN2. The lowest BCUT2D eigenvalue weighted by atomic mass is 9.95. The van der Waals surface area contributed by atoms with Crippen LogP contribution in [0.5, 0.6) is 0 Å². The third-order valence-corrected chi connectivity index (χ3v) is 4.71. The quantitative estimate of drug-likeness (QED) is 0.712. The zero-order valence-electron chi connectivity index (χ0n) is 11.7. The predicted octanol–water partition coefficient (Wildman–Crippen LogP) is 4.57. The minimum atomic E-state index is 0.654. The molecule has 0 radical (unpaired) electrons. The van der Waals surface area contributed by atoms with Crippen LogP contribution in [0, 0.1) is 0 Å². The normalized spacial score (nSPS) is 18.4. The van der Waals surface area contributed by atoms with Gasteiger partial charge in [0, 0.05) is 29.2 Å². The van der Waals surface area contributed by atoms with Gasteiger partial charge in [-0.25, -0.2) is 0 Å². The lowest BCUT2D eigenvalue weighted by molar-refractivity contribution is 0.763. The van der Waals surface area contributed by atoms with Crippen molar-refractivity contribution < 1.29 is 0 Å². The molecule has 2 nitrogen and oxygen atoms in total. The van der Waals surface area contributed by atoms with E-state index in [-0.39, 0.29) is 0 Å². The number of hydrogen-bond acceptors (Lipinski definition) is 1. The monoisotopic (exact) mass is 296 g/mol. The van der Waals surface area contributed by atoms with Crippen molar-refractivity contribution in [2.75, 3.05) is 13.1 Å². The van der Waals surface area contributed by atoms with Crippen molar-refractivity contribution in [3.8, 4) is 11.1 Å². The Morgan fingerprint density at radius 2 is 1.90 bits per heavy atom. The first kappa shape index (κ1) is 12.9. The zero-order valence-corrected chi connectivity index (χ0v) is 12.5. The molecule has 106 valence electrons. The molecule has 1 atom stereocenters. The summed E-state index contributed by atoms with van der Waals surface area (Å²) in [6, 6.07) is 15.1. The van der Waals surface area contributed by atoms with Crippen molar-refractivity contribution in [1.29, 1.82) is 0 Å². The molecule has 1 fully saturated rings. The number of nitrogens with one attached hydrogen (secondary N) is 2. The van der Waals surface area contributed by atoms with Gasteiger partial charge in [0.1, 0.15) is 0 Å². The second-order valence-electron chi connectivity index (χ2n) is 5.71. The lowest BCUT2D eigenvalue weighted by Crippen LogP contribution is -2.07. The number of aromatic nitrogens is 1. The molecule has 2 aromatic carbocycles. The fraction of sp³-hybridized carbons (Fsp3) is 0.222. The molecular weight excluding hydrogens is 280 g/mol. The zero-order chi connectivity index (χ0) is 14.2. The van der Waals surface area contributed by atoms with Crippen molar-refractivity contribution in [2.24, 2.45) is 0 Å². The maximum Gasteiger partial charge on any atom is 0.0505 e. The first-order valence-corrected chi connectivity index (χ1v) is 7.77. The summed E-state index contributed by atoms with van der Waals surface area (Å²) in [6.45, 7) is 2.22. The van der Waals surface area contributed by atoms with Gasteiger partial charge in [-0.2, -0.15) is 0 Å². The van der Waals surface area contributed by atoms with E-state index in [1.165, 1.54) is 22.9 Å². The van der Waals surface area contributed by atoms with Crippen molar-refractivity contribution in [3.05, 3.63) is 59.2 Å². The largest absolute Gasteiger partial charge is 0.361 e. The van der Waals surface area contributed by atoms with Crippen LogP contribution in [-0.4, -0.2) is 18.1 Å². The fourth-order valence-corrected chi connectivity index (χ4v) is 3.44. The number of halogens is 1. The van der Waals surface area contributed by atoms with Crippen LogP contribution in [0.15, 0.2) is 48.7 Å². The SMILES string of the molecule is Clc1cc2[nH]ccc2cc1-c1ccc(C2CCNC2)cc1. The minimum Gasteiger partial charge on any atom is -0.361 e. The second kappa shape index (κ2) is 5.21. The third-order valence-electron chi connectivity index (χ3n) is 4.39. The Balaban J connectivity index is 1.72. The molecule has 2 N–H and O–H groups in total. The molecule has 0 spiro atoms. The number of hydrogen-bond donors (Lipinski definition) is 2. The maximum absolute atomic E-state index is 6.43. The van der Waals surface area contributed by atoms with E-state index in [1.54, 1.807) is 0 Å². The Labute approximate surface area is 129 Å². The number of rotatable bonds is 2. The number of benzene rings is 2. The van der Waals surface area contributed by atoms with Gasteiger partial charge in [0.05, 0.1) is 5.02 Å². The van der Waals surface area contributed by atoms with E-state index >= 15 is 0 Å². The molecule has 0 bridgehead atoms. The summed E-state index contributed by atoms with van der Waals surface area (Å²) in [5.74, 6) is 0.654. The standard InChI is InChI=1S/C18H17ClN2/c19-17-10-18-14(6-8-21-18)9-16(17)13-3-1-12(2-4-13)15-5-7-20-11-15/h1-4,6,8-10,15,20-21H,5,7,11H2. The smallest absolute Gasteiger partial charge is 0.0505 e. The summed E-state index contributed by atoms with van der Waals surface area (Å²) in [4.78, 5) is 3.19. The van der Waals surface area contributed by atoms with E-state index in [0.717, 1.165) is 29.2 Å². The molecule has 1 unspecified atom stereocenters. The Hall–Kier alpha value is -1.77. The average Bonchev–Trinajstić information content (AvgIpc) is 3.17. The molecule has 4 rings (SSSR count). The summed E-state index contributed by atoms with van der Waals surface area (Å²) in [5, 5.41) is 5.40. The van der Waals surface area contributed by atoms with Crippen LogP contribution in [0.3, 0.4) is 0 Å². The van der Waals surface area contributed by atoms with Gasteiger partial charge in [-0.05, 0) is 48.2 Å². The van der Waals surface area contributed by atoms with Gasteiger partial charge in [0.2, 0.25) is 0 Å². The van der Waals surface area contributed by atoms with E-state index < -0.39 is 0 Å². The highest BCUT2D eigenvalue weighted by Gasteiger charge is 2.16. The molecule has 0 amide bonds. The summed E-state index contributed by atoms with van der Waals surface area (Å²) in [7, 11) is 0. The fourth-order valence-electron chi connectivity index (χ4n) is 3.17. The van der Waals surface area contributed by atoms with Crippen LogP contribution in [0.4, 0.5) is 0 Å². The van der Waals surface area contributed by atoms with Crippen molar-refractivity contribution in [2.45, 2.75) is 12.3 Å². The first-order chi connectivity index (χ1) is 10.3. The molecule has 1 aliphatic heterocycles. The van der Waals surface area contributed by atoms with Crippen molar-refractivity contribution in [1.82, 2.24) is 10.3 Å². The molecule has 3 aromatic rings. The third kappa shape index (κ3) is 2.35. The summed E-state index contributed by atoms with van der Waals surface area (Å²) in [6.07, 6.45) is 3.18. The van der Waals surface area contributed by atoms with Crippen LogP contribution in [0.25, 0.3) is 22.0 Å². The minimum absolute atomic E-state index is 0.654. The number of fused-ring (bicyclic) bond motifs is 1. The summed E-state index contributed by atoms with van der Waals surface area (Å²) < 4.78 is 0. The summed E-state index contributed by atoms with van der Waals surface area (Å²) >= 11 is 6.43. The van der Waals surface area contributed by atoms with Crippen LogP contribution in [-0.2, 0) is 0 Å². The van der Waals surface area contributed by atoms with E-state index in [2.05, 4.69) is 46.7 Å². The lowest BCUT2D eigenvalue weighted by Gasteiger charge is -2.11. The van der Waals surface area contributed by atoms with Gasteiger partial charge in [-0.3, -0.25) is 0 Å². The van der Waals surface area contributed by atoms with Crippen LogP contribution in [0.2, 0.25) is 5.02 Å². The highest BCUT2D eigenvalue weighted by molar-refractivity contribution is 6.34. The van der Waals surface area contributed by atoms with Gasteiger partial charge >= 0.3 is 0 Å². The Bertz CT molecular complexity index is 768. The number of H-pyrrole nitrogens is 1.